The lowest BCUT2D eigenvalue weighted by Gasteiger charge is -2.37. The van der Waals surface area contributed by atoms with Gasteiger partial charge in [0.15, 0.2) is 0 Å². The van der Waals surface area contributed by atoms with Crippen LogP contribution in [0.2, 0.25) is 0 Å². The number of anilines is 1. The number of hydrogen-bond acceptors (Lipinski definition) is 2. The van der Waals surface area contributed by atoms with Crippen LogP contribution in [-0.2, 0) is 4.74 Å². The molecule has 3 heteroatoms. The fourth-order valence-corrected chi connectivity index (χ4v) is 4.51. The molecule has 0 spiro atoms. The predicted octanol–water partition coefficient (Wildman–Crippen LogP) is 5.85. The molecule has 24 heavy (non-hydrogen) atoms. The number of fused-ring (bicyclic) bond motifs is 5. The van der Waals surface area contributed by atoms with Gasteiger partial charge in [-0.05, 0) is 41.0 Å². The van der Waals surface area contributed by atoms with Crippen LogP contribution in [0.25, 0.3) is 10.8 Å². The van der Waals surface area contributed by atoms with Gasteiger partial charge in [-0.15, -0.1) is 0 Å². The number of ether oxygens (including phenoxy) is 1. The van der Waals surface area contributed by atoms with Gasteiger partial charge in [0.1, 0.15) is 0 Å². The van der Waals surface area contributed by atoms with Crippen LogP contribution in [0.1, 0.15) is 29.7 Å². The molecule has 120 valence electrons. The molecule has 2 aliphatic rings. The van der Waals surface area contributed by atoms with Crippen LogP contribution in [0.15, 0.2) is 65.1 Å². The minimum Gasteiger partial charge on any atom is -0.378 e. The van der Waals surface area contributed by atoms with Gasteiger partial charge in [-0.2, -0.15) is 0 Å². The highest BCUT2D eigenvalue weighted by atomic mass is 79.9. The third-order valence-corrected chi connectivity index (χ3v) is 5.89. The second-order valence-electron chi connectivity index (χ2n) is 6.67. The Kier molecular flexibility index (Phi) is 3.39. The topological polar surface area (TPSA) is 21.3 Å². The van der Waals surface area contributed by atoms with Crippen molar-refractivity contribution in [3.05, 3.63) is 76.3 Å². The normalized spacial score (nSPS) is 25.1. The smallest absolute Gasteiger partial charge is 0.0902 e. The summed E-state index contributed by atoms with van der Waals surface area (Å²) < 4.78 is 7.34. The highest BCUT2D eigenvalue weighted by Gasteiger charge is 2.42. The summed E-state index contributed by atoms with van der Waals surface area (Å²) in [6, 6.07) is 22.0. The molecular weight excluding hydrogens is 362 g/mol. The molecule has 2 aliphatic heterocycles. The van der Waals surface area contributed by atoms with E-state index in [-0.39, 0.29) is 6.10 Å². The Morgan fingerprint density at radius 1 is 0.958 bits per heavy atom. The zero-order chi connectivity index (χ0) is 16.1. The maximum atomic E-state index is 6.22. The van der Waals surface area contributed by atoms with E-state index in [2.05, 4.69) is 81.9 Å². The Morgan fingerprint density at radius 2 is 1.79 bits per heavy atom. The van der Waals surface area contributed by atoms with Gasteiger partial charge in [-0.1, -0.05) is 58.4 Å². The number of hydrogen-bond donors (Lipinski definition) is 1. The lowest BCUT2D eigenvalue weighted by Crippen LogP contribution is -2.29. The first kappa shape index (κ1) is 14.5. The summed E-state index contributed by atoms with van der Waals surface area (Å²) in [5.41, 5.74) is 3.88. The average Bonchev–Trinajstić information content (AvgIpc) is 3.11. The van der Waals surface area contributed by atoms with E-state index in [0.29, 0.717) is 12.0 Å². The highest BCUT2D eigenvalue weighted by Crippen LogP contribution is 2.51. The molecular formula is C21H18BrNO. The number of halogens is 1. The summed E-state index contributed by atoms with van der Waals surface area (Å²) in [4.78, 5) is 0. The summed E-state index contributed by atoms with van der Waals surface area (Å²) >= 11 is 3.53. The van der Waals surface area contributed by atoms with Crippen LogP contribution < -0.4 is 5.32 Å². The Labute approximate surface area is 150 Å². The minimum atomic E-state index is 0.181. The van der Waals surface area contributed by atoms with Crippen molar-refractivity contribution in [2.75, 3.05) is 11.9 Å². The molecule has 1 N–H and O–H groups in total. The summed E-state index contributed by atoms with van der Waals surface area (Å²) in [5.74, 6) is 0.476. The van der Waals surface area contributed by atoms with Gasteiger partial charge in [0.2, 0.25) is 0 Å². The number of benzene rings is 3. The van der Waals surface area contributed by atoms with E-state index < -0.39 is 0 Å². The summed E-state index contributed by atoms with van der Waals surface area (Å²) in [6.45, 7) is 0.840. The molecule has 0 saturated carbocycles. The van der Waals surface area contributed by atoms with Crippen molar-refractivity contribution in [2.24, 2.45) is 5.92 Å². The fourth-order valence-electron chi connectivity index (χ4n) is 4.25. The molecule has 1 saturated heterocycles. The molecule has 0 unspecified atom stereocenters. The van der Waals surface area contributed by atoms with Gasteiger partial charge in [0.25, 0.3) is 0 Å². The maximum absolute atomic E-state index is 6.22. The van der Waals surface area contributed by atoms with Crippen LogP contribution >= 0.6 is 15.9 Å². The van der Waals surface area contributed by atoms with Crippen molar-refractivity contribution in [3.8, 4) is 0 Å². The summed E-state index contributed by atoms with van der Waals surface area (Å²) in [6.07, 6.45) is 1.28. The predicted molar refractivity (Wildman–Crippen MR) is 101 cm³/mol. The Hall–Kier alpha value is -1.84. The molecule has 3 aromatic rings. The fraction of sp³-hybridized carbons (Fsp3) is 0.238. The van der Waals surface area contributed by atoms with Crippen LogP contribution in [0, 0.1) is 5.92 Å². The third-order valence-electron chi connectivity index (χ3n) is 5.36. The Balaban J connectivity index is 1.66. The van der Waals surface area contributed by atoms with Crippen molar-refractivity contribution in [1.29, 1.82) is 0 Å². The van der Waals surface area contributed by atoms with Crippen molar-refractivity contribution in [3.63, 3.8) is 0 Å². The molecule has 5 rings (SSSR count). The van der Waals surface area contributed by atoms with Crippen LogP contribution in [0.4, 0.5) is 5.69 Å². The van der Waals surface area contributed by atoms with Crippen LogP contribution in [-0.4, -0.2) is 6.61 Å². The molecule has 0 aromatic heterocycles. The third kappa shape index (κ3) is 2.19. The Morgan fingerprint density at radius 3 is 2.67 bits per heavy atom. The number of nitrogens with one attached hydrogen (secondary N) is 1. The van der Waals surface area contributed by atoms with E-state index >= 15 is 0 Å². The van der Waals surface area contributed by atoms with Gasteiger partial charge in [-0.25, -0.2) is 0 Å². The second-order valence-corrected chi connectivity index (χ2v) is 7.58. The van der Waals surface area contributed by atoms with Gasteiger partial charge in [0, 0.05) is 28.2 Å². The molecule has 2 heterocycles. The molecule has 0 bridgehead atoms. The van der Waals surface area contributed by atoms with Gasteiger partial charge in [0.05, 0.1) is 12.1 Å². The zero-order valence-corrected chi connectivity index (χ0v) is 14.8. The molecule has 2 nitrogen and oxygen atoms in total. The lowest BCUT2D eigenvalue weighted by molar-refractivity contribution is 0.0841. The molecule has 3 aromatic carbocycles. The van der Waals surface area contributed by atoms with Gasteiger partial charge < -0.3 is 10.1 Å². The monoisotopic (exact) mass is 379 g/mol. The van der Waals surface area contributed by atoms with Crippen molar-refractivity contribution in [1.82, 2.24) is 0 Å². The molecule has 3 atom stereocenters. The first-order valence-corrected chi connectivity index (χ1v) is 9.26. The molecule has 0 amide bonds. The summed E-state index contributed by atoms with van der Waals surface area (Å²) in [5, 5.41) is 6.40. The van der Waals surface area contributed by atoms with E-state index in [4.69, 9.17) is 4.74 Å². The minimum absolute atomic E-state index is 0.181. The van der Waals surface area contributed by atoms with Crippen molar-refractivity contribution >= 4 is 32.4 Å². The Bertz CT molecular complexity index is 905. The van der Waals surface area contributed by atoms with E-state index in [9.17, 15) is 0 Å². The van der Waals surface area contributed by atoms with Crippen LogP contribution in [0.5, 0.6) is 0 Å². The average molecular weight is 380 g/mol. The number of rotatable bonds is 1. The molecule has 0 radical (unpaired) electrons. The van der Waals surface area contributed by atoms with E-state index in [1.807, 2.05) is 0 Å². The SMILES string of the molecule is Brc1ccc([C@H]2Nc3ccc4ccccc4c3[C@@H]3OCC[C@H]23)cc1. The second kappa shape index (κ2) is 5.61. The zero-order valence-electron chi connectivity index (χ0n) is 13.2. The first-order chi connectivity index (χ1) is 11.8. The van der Waals surface area contributed by atoms with Crippen molar-refractivity contribution in [2.45, 2.75) is 18.6 Å². The van der Waals surface area contributed by atoms with Gasteiger partial charge >= 0.3 is 0 Å². The van der Waals surface area contributed by atoms with E-state index in [1.165, 1.54) is 27.6 Å². The first-order valence-electron chi connectivity index (χ1n) is 8.46. The lowest BCUT2D eigenvalue weighted by atomic mass is 9.79. The molecule has 0 aliphatic carbocycles. The maximum Gasteiger partial charge on any atom is 0.0902 e. The highest BCUT2D eigenvalue weighted by molar-refractivity contribution is 9.10. The molecule has 1 fully saturated rings. The summed E-state index contributed by atoms with van der Waals surface area (Å²) in [7, 11) is 0. The largest absolute Gasteiger partial charge is 0.378 e. The van der Waals surface area contributed by atoms with Gasteiger partial charge in [-0.3, -0.25) is 0 Å². The van der Waals surface area contributed by atoms with E-state index in [0.717, 1.165) is 17.5 Å². The van der Waals surface area contributed by atoms with E-state index in [1.54, 1.807) is 0 Å². The van der Waals surface area contributed by atoms with Crippen LogP contribution in [0.3, 0.4) is 0 Å². The quantitative estimate of drug-likeness (QED) is 0.572. The standard InChI is InChI=1S/C21H18BrNO/c22-15-8-5-14(6-9-15)20-17-11-12-24-21(17)19-16-4-2-1-3-13(16)7-10-18(19)23-20/h1-10,17,20-21,23H,11-12H2/t17-,20-,21-/m1/s1. The van der Waals surface area contributed by atoms with Crippen molar-refractivity contribution < 1.29 is 4.74 Å².